The molecule has 8 heteroatoms. The molecule has 0 heterocycles. The maximum atomic E-state index is 11.5. The molecule has 0 saturated heterocycles. The predicted octanol–water partition coefficient (Wildman–Crippen LogP) is -1.87. The monoisotopic (exact) mass is 297 g/mol. The Labute approximate surface area is 135 Å². The Morgan fingerprint density at radius 1 is 1.26 bits per heavy atom. The number of hydrogen-bond acceptors (Lipinski definition) is 3. The van der Waals surface area contributed by atoms with E-state index in [-0.39, 0.29) is 56.5 Å². The summed E-state index contributed by atoms with van der Waals surface area (Å²) in [6.07, 6.45) is -0.225. The number of amides is 1. The van der Waals surface area contributed by atoms with Gasteiger partial charge in [-0.3, -0.25) is 14.6 Å². The maximum absolute atomic E-state index is 11.5. The van der Waals surface area contributed by atoms with E-state index in [1.807, 2.05) is 6.07 Å². The zero-order chi connectivity index (χ0) is 13.6. The van der Waals surface area contributed by atoms with Gasteiger partial charge in [0.25, 0.3) is 0 Å². The van der Waals surface area contributed by atoms with Crippen LogP contribution in [0, 0.1) is 0 Å². The quantitative estimate of drug-likeness (QED) is 0.247. The van der Waals surface area contributed by atoms with Gasteiger partial charge in [0.2, 0.25) is 5.91 Å². The van der Waals surface area contributed by atoms with E-state index >= 15 is 0 Å². The summed E-state index contributed by atoms with van der Waals surface area (Å²) in [6, 6.07) is 8.93. The van der Waals surface area contributed by atoms with Gasteiger partial charge in [0.15, 0.2) is 0 Å². The summed E-state index contributed by atoms with van der Waals surface area (Å²) in [6.45, 7) is -0.0865. The average molecular weight is 297 g/mol. The Balaban J connectivity index is 0. The van der Waals surface area contributed by atoms with E-state index in [0.29, 0.717) is 5.06 Å². The first-order valence-corrected chi connectivity index (χ1v) is 7.26. The van der Waals surface area contributed by atoms with E-state index in [9.17, 15) is 14.6 Å². The van der Waals surface area contributed by atoms with Gasteiger partial charge in [-0.15, -0.1) is 0 Å². The molecule has 19 heavy (non-hydrogen) atoms. The van der Waals surface area contributed by atoms with Gasteiger partial charge >= 0.3 is 37.2 Å². The molecule has 0 aliphatic rings. The van der Waals surface area contributed by atoms with Gasteiger partial charge in [-0.1, -0.05) is 30.3 Å². The van der Waals surface area contributed by atoms with E-state index in [4.69, 9.17) is 9.79 Å². The fraction of sp³-hybridized carbons (Fsp3) is 0.364. The topological polar surface area (TPSA) is 98.1 Å². The molecule has 0 aromatic heterocycles. The number of nitrogens with zero attached hydrogens (tertiary/aromatic N) is 1. The summed E-state index contributed by atoms with van der Waals surface area (Å²) >= 11 is 0. The second kappa shape index (κ2) is 8.87. The summed E-state index contributed by atoms with van der Waals surface area (Å²) in [4.78, 5) is 28.8. The number of carbonyl (C=O) groups excluding carboxylic acids is 1. The fourth-order valence-electron chi connectivity index (χ4n) is 1.41. The number of hydrogen-bond donors (Lipinski definition) is 3. The van der Waals surface area contributed by atoms with Gasteiger partial charge in [0.05, 0.1) is 12.6 Å². The van der Waals surface area contributed by atoms with Gasteiger partial charge in [0.1, 0.15) is 0 Å². The molecule has 1 aromatic rings. The van der Waals surface area contributed by atoms with Crippen molar-refractivity contribution >= 4 is 13.5 Å². The van der Waals surface area contributed by atoms with Gasteiger partial charge in [-0.05, 0) is 12.0 Å². The Bertz CT molecular complexity index is 442. The van der Waals surface area contributed by atoms with Crippen LogP contribution in [0.4, 0.5) is 0 Å². The summed E-state index contributed by atoms with van der Waals surface area (Å²) in [5.74, 6) is -0.494. The Morgan fingerprint density at radius 2 is 1.84 bits per heavy atom. The van der Waals surface area contributed by atoms with Gasteiger partial charge in [-0.2, -0.15) is 0 Å². The molecule has 1 aromatic carbocycles. The zero-order valence-corrected chi connectivity index (χ0v) is 13.7. The zero-order valence-electron chi connectivity index (χ0n) is 11.8. The van der Waals surface area contributed by atoms with Crippen LogP contribution in [0.3, 0.4) is 0 Å². The third kappa shape index (κ3) is 8.55. The van der Waals surface area contributed by atoms with Crippen molar-refractivity contribution in [2.45, 2.75) is 12.8 Å². The van der Waals surface area contributed by atoms with E-state index in [0.717, 1.165) is 5.56 Å². The average Bonchev–Trinajstić information content (AvgIpc) is 2.28. The molecule has 0 spiro atoms. The maximum Gasteiger partial charge on any atom is 1.00 e. The second-order valence-corrected chi connectivity index (χ2v) is 5.70. The molecule has 102 valence electrons. The Kier molecular flexibility index (Phi) is 8.78. The van der Waals surface area contributed by atoms with E-state index in [1.165, 1.54) is 0 Å². The van der Waals surface area contributed by atoms with E-state index in [2.05, 4.69) is 0 Å². The molecule has 0 radical (unpaired) electrons. The molecule has 0 bridgehead atoms. The van der Waals surface area contributed by atoms with Gasteiger partial charge < -0.3 is 11.2 Å². The third-order valence-electron chi connectivity index (χ3n) is 2.31. The van der Waals surface area contributed by atoms with Crippen LogP contribution >= 0.6 is 7.60 Å². The fourth-order valence-corrected chi connectivity index (χ4v) is 1.97. The first-order chi connectivity index (χ1) is 8.38. The largest absolute Gasteiger partial charge is 1.00 e. The smallest absolute Gasteiger partial charge is 1.00 e. The molecule has 0 saturated carbocycles. The van der Waals surface area contributed by atoms with Crippen molar-refractivity contribution in [2.75, 3.05) is 12.7 Å². The molecule has 0 atom stereocenters. The van der Waals surface area contributed by atoms with Crippen LogP contribution in [-0.2, 0) is 15.8 Å². The van der Waals surface area contributed by atoms with Crippen LogP contribution in [0.15, 0.2) is 30.3 Å². The first kappa shape index (κ1) is 18.8. The molecular formula is C11H17NNaO5P. The first-order valence-electron chi connectivity index (χ1n) is 5.46. The molecule has 0 unspecified atom stereocenters. The van der Waals surface area contributed by atoms with E-state index < -0.39 is 13.5 Å². The Hall–Kier alpha value is -0.200. The molecular weight excluding hydrogens is 280 g/mol. The van der Waals surface area contributed by atoms with Crippen molar-refractivity contribution in [3.05, 3.63) is 35.9 Å². The van der Waals surface area contributed by atoms with Crippen molar-refractivity contribution in [1.82, 2.24) is 5.06 Å². The van der Waals surface area contributed by atoms with Gasteiger partial charge in [0, 0.05) is 6.54 Å². The standard InChI is InChI=1S/C11H16NO5P.Na.H/c13-11(9-10-5-2-1-3-6-10)12(14)7-4-8-18(15,16)17;;/h1-3,5-6,14H,4,7-9H2,(H2,15,16,17);;/q;+1;-1. The number of hydroxylamine groups is 2. The van der Waals surface area contributed by atoms with Crippen LogP contribution in [0.2, 0.25) is 0 Å². The molecule has 0 aliphatic carbocycles. The molecule has 1 rings (SSSR count). The third-order valence-corrected chi connectivity index (χ3v) is 3.20. The predicted molar refractivity (Wildman–Crippen MR) is 66.3 cm³/mol. The summed E-state index contributed by atoms with van der Waals surface area (Å²) < 4.78 is 10.6. The molecule has 0 fully saturated rings. The van der Waals surface area contributed by atoms with Crippen LogP contribution in [-0.4, -0.2) is 38.7 Å². The van der Waals surface area contributed by atoms with Crippen molar-refractivity contribution < 1.29 is 55.3 Å². The minimum atomic E-state index is -4.07. The molecule has 0 aliphatic heterocycles. The van der Waals surface area contributed by atoms with Crippen LogP contribution < -0.4 is 29.6 Å². The minimum Gasteiger partial charge on any atom is -1.00 e. The van der Waals surface area contributed by atoms with Crippen molar-refractivity contribution in [3.8, 4) is 0 Å². The number of rotatable bonds is 6. The van der Waals surface area contributed by atoms with Crippen LogP contribution in [0.1, 0.15) is 13.4 Å². The van der Waals surface area contributed by atoms with Crippen LogP contribution in [0.5, 0.6) is 0 Å². The van der Waals surface area contributed by atoms with Crippen LogP contribution in [0.25, 0.3) is 0 Å². The minimum absolute atomic E-state index is 0. The van der Waals surface area contributed by atoms with Gasteiger partial charge in [-0.25, -0.2) is 5.06 Å². The van der Waals surface area contributed by atoms with Crippen molar-refractivity contribution in [3.63, 3.8) is 0 Å². The Morgan fingerprint density at radius 3 is 2.37 bits per heavy atom. The van der Waals surface area contributed by atoms with Crippen molar-refractivity contribution in [1.29, 1.82) is 0 Å². The normalized spacial score (nSPS) is 10.7. The molecule has 1 amide bonds. The number of carbonyl (C=O) groups is 1. The summed E-state index contributed by atoms with van der Waals surface area (Å²) in [5, 5.41) is 9.91. The van der Waals surface area contributed by atoms with E-state index in [1.54, 1.807) is 24.3 Å². The molecule has 6 nitrogen and oxygen atoms in total. The summed E-state index contributed by atoms with van der Waals surface area (Å²) in [7, 11) is -4.07. The summed E-state index contributed by atoms with van der Waals surface area (Å²) in [5.41, 5.74) is 0.775. The van der Waals surface area contributed by atoms with Crippen molar-refractivity contribution in [2.24, 2.45) is 0 Å². The number of benzene rings is 1. The SMILES string of the molecule is O=C(Cc1ccccc1)N(O)CCCP(=O)(O)O.[H-].[Na+]. The molecule has 3 N–H and O–H groups in total. The second-order valence-electron chi connectivity index (χ2n) is 3.92.